The van der Waals surface area contributed by atoms with Crippen LogP contribution in [0.25, 0.3) is 0 Å². The van der Waals surface area contributed by atoms with Gasteiger partial charge in [0.05, 0.1) is 4.90 Å². The molecule has 0 bridgehead atoms. The minimum Gasteiger partial charge on any atom is -0.348 e. The summed E-state index contributed by atoms with van der Waals surface area (Å²) in [5.74, 6) is -0.262. The average Bonchev–Trinajstić information content (AvgIpc) is 2.68. The Morgan fingerprint density at radius 2 is 1.73 bits per heavy atom. The topological polar surface area (TPSA) is 66.5 Å². The maximum Gasteiger partial charge on any atom is 0.251 e. The van der Waals surface area contributed by atoms with Crippen LogP contribution in [0.1, 0.15) is 40.7 Å². The molecule has 6 heteroatoms. The van der Waals surface area contributed by atoms with Crippen LogP contribution in [-0.4, -0.2) is 31.7 Å². The second-order valence-corrected chi connectivity index (χ2v) is 8.55. The standard InChI is InChI=1S/C20H24N2O3S/c1-16-10-11-18(26(24,25)22-12-6-3-7-13-22)14-19(16)20(23)21-15-17-8-4-2-5-9-17/h2,4-5,8-11,14H,3,6-7,12-13,15H2,1H3,(H,21,23). The highest BCUT2D eigenvalue weighted by Crippen LogP contribution is 2.23. The molecule has 0 saturated carbocycles. The van der Waals surface area contributed by atoms with Gasteiger partial charge < -0.3 is 5.32 Å². The maximum absolute atomic E-state index is 12.8. The summed E-state index contributed by atoms with van der Waals surface area (Å²) in [6, 6.07) is 14.4. The van der Waals surface area contributed by atoms with Gasteiger partial charge in [0.1, 0.15) is 0 Å². The zero-order chi connectivity index (χ0) is 18.6. The van der Waals surface area contributed by atoms with Crippen LogP contribution in [0.5, 0.6) is 0 Å². The van der Waals surface area contributed by atoms with E-state index in [9.17, 15) is 13.2 Å². The van der Waals surface area contributed by atoms with Crippen molar-refractivity contribution in [1.82, 2.24) is 9.62 Å². The Bertz CT molecular complexity index is 873. The Labute approximate surface area is 155 Å². The van der Waals surface area contributed by atoms with E-state index in [0.29, 0.717) is 25.2 Å². The van der Waals surface area contributed by atoms with Gasteiger partial charge in [-0.2, -0.15) is 4.31 Å². The largest absolute Gasteiger partial charge is 0.348 e. The van der Waals surface area contributed by atoms with E-state index < -0.39 is 10.0 Å². The molecule has 2 aromatic carbocycles. The third-order valence-corrected chi connectivity index (χ3v) is 6.60. The minimum absolute atomic E-state index is 0.190. The van der Waals surface area contributed by atoms with E-state index in [0.717, 1.165) is 30.4 Å². The number of hydrogen-bond acceptors (Lipinski definition) is 3. The van der Waals surface area contributed by atoms with Gasteiger partial charge in [0, 0.05) is 25.2 Å². The first kappa shape index (κ1) is 18.6. The van der Waals surface area contributed by atoms with Crippen LogP contribution in [0.4, 0.5) is 0 Å². The van der Waals surface area contributed by atoms with Crippen molar-refractivity contribution in [2.24, 2.45) is 0 Å². The van der Waals surface area contributed by atoms with Gasteiger partial charge in [-0.3, -0.25) is 4.79 Å². The molecule has 0 aromatic heterocycles. The van der Waals surface area contributed by atoms with Crippen molar-refractivity contribution in [2.45, 2.75) is 37.6 Å². The molecule has 5 nitrogen and oxygen atoms in total. The van der Waals surface area contributed by atoms with E-state index in [1.54, 1.807) is 12.1 Å². The van der Waals surface area contributed by atoms with Crippen molar-refractivity contribution in [1.29, 1.82) is 0 Å². The van der Waals surface area contributed by atoms with E-state index in [-0.39, 0.29) is 10.8 Å². The average molecular weight is 372 g/mol. The van der Waals surface area contributed by atoms with Gasteiger partial charge in [0.25, 0.3) is 5.91 Å². The molecule has 26 heavy (non-hydrogen) atoms. The fraction of sp³-hybridized carbons (Fsp3) is 0.350. The maximum atomic E-state index is 12.8. The lowest BCUT2D eigenvalue weighted by Gasteiger charge is -2.26. The van der Waals surface area contributed by atoms with Gasteiger partial charge in [-0.15, -0.1) is 0 Å². The molecule has 1 amide bonds. The van der Waals surface area contributed by atoms with Crippen molar-refractivity contribution in [3.05, 3.63) is 65.2 Å². The lowest BCUT2D eigenvalue weighted by molar-refractivity contribution is 0.0950. The number of rotatable bonds is 5. The lowest BCUT2D eigenvalue weighted by Crippen LogP contribution is -2.35. The lowest BCUT2D eigenvalue weighted by atomic mass is 10.1. The summed E-state index contributed by atoms with van der Waals surface area (Å²) < 4.78 is 27.2. The van der Waals surface area contributed by atoms with Gasteiger partial charge in [-0.05, 0) is 43.0 Å². The predicted molar refractivity (Wildman–Crippen MR) is 101 cm³/mol. The highest BCUT2D eigenvalue weighted by molar-refractivity contribution is 7.89. The molecule has 1 aliphatic heterocycles. The van der Waals surface area contributed by atoms with E-state index in [2.05, 4.69) is 5.32 Å². The number of nitrogens with zero attached hydrogens (tertiary/aromatic N) is 1. The molecule has 1 heterocycles. The normalized spacial score (nSPS) is 15.6. The van der Waals surface area contributed by atoms with Crippen LogP contribution in [-0.2, 0) is 16.6 Å². The summed E-state index contributed by atoms with van der Waals surface area (Å²) in [5.41, 5.74) is 2.16. The zero-order valence-corrected chi connectivity index (χ0v) is 15.8. The number of amides is 1. The molecular weight excluding hydrogens is 348 g/mol. The van der Waals surface area contributed by atoms with Crippen molar-refractivity contribution in [3.8, 4) is 0 Å². The first-order chi connectivity index (χ1) is 12.5. The third-order valence-electron chi connectivity index (χ3n) is 4.70. The Morgan fingerprint density at radius 3 is 2.42 bits per heavy atom. The van der Waals surface area contributed by atoms with Crippen molar-refractivity contribution in [3.63, 3.8) is 0 Å². The van der Waals surface area contributed by atoms with E-state index >= 15 is 0 Å². The molecule has 0 radical (unpaired) electrons. The quantitative estimate of drug-likeness (QED) is 0.877. The van der Waals surface area contributed by atoms with Gasteiger partial charge in [-0.25, -0.2) is 8.42 Å². The number of carbonyl (C=O) groups is 1. The van der Waals surface area contributed by atoms with Gasteiger partial charge in [0.15, 0.2) is 0 Å². The second kappa shape index (κ2) is 8.01. The summed E-state index contributed by atoms with van der Waals surface area (Å²) in [6.07, 6.45) is 2.83. The SMILES string of the molecule is Cc1ccc(S(=O)(=O)N2CCCCC2)cc1C(=O)NCc1ccccc1. The molecule has 2 aromatic rings. The van der Waals surface area contributed by atoms with E-state index in [1.807, 2.05) is 37.3 Å². The van der Waals surface area contributed by atoms with Crippen LogP contribution < -0.4 is 5.32 Å². The Hall–Kier alpha value is -2.18. The smallest absolute Gasteiger partial charge is 0.251 e. The summed E-state index contributed by atoms with van der Waals surface area (Å²) >= 11 is 0. The molecule has 0 aliphatic carbocycles. The molecule has 1 N–H and O–H groups in total. The predicted octanol–water partition coefficient (Wildman–Crippen LogP) is 3.10. The van der Waals surface area contributed by atoms with Crippen LogP contribution in [0, 0.1) is 6.92 Å². The van der Waals surface area contributed by atoms with Crippen molar-refractivity contribution in [2.75, 3.05) is 13.1 Å². The number of piperidine rings is 1. The molecule has 0 unspecified atom stereocenters. The summed E-state index contributed by atoms with van der Waals surface area (Å²) in [7, 11) is -3.55. The first-order valence-electron chi connectivity index (χ1n) is 8.91. The molecule has 138 valence electrons. The number of benzene rings is 2. The van der Waals surface area contributed by atoms with Crippen molar-refractivity contribution < 1.29 is 13.2 Å². The monoisotopic (exact) mass is 372 g/mol. The van der Waals surface area contributed by atoms with Crippen molar-refractivity contribution >= 4 is 15.9 Å². The van der Waals surface area contributed by atoms with E-state index in [1.165, 1.54) is 10.4 Å². The van der Waals surface area contributed by atoms with Crippen LogP contribution >= 0.6 is 0 Å². The van der Waals surface area contributed by atoms with Gasteiger partial charge in [-0.1, -0.05) is 42.8 Å². The first-order valence-corrected chi connectivity index (χ1v) is 10.4. The Kier molecular flexibility index (Phi) is 5.74. The molecule has 1 aliphatic rings. The van der Waals surface area contributed by atoms with Crippen LogP contribution in [0.2, 0.25) is 0 Å². The molecule has 0 atom stereocenters. The molecule has 1 saturated heterocycles. The second-order valence-electron chi connectivity index (χ2n) is 6.61. The highest BCUT2D eigenvalue weighted by Gasteiger charge is 2.27. The molecule has 1 fully saturated rings. The molecule has 0 spiro atoms. The Morgan fingerprint density at radius 1 is 1.04 bits per heavy atom. The molecule has 3 rings (SSSR count). The Balaban J connectivity index is 1.79. The number of aryl methyl sites for hydroxylation is 1. The number of carbonyl (C=O) groups excluding carboxylic acids is 1. The van der Waals surface area contributed by atoms with Gasteiger partial charge in [0.2, 0.25) is 10.0 Å². The number of hydrogen-bond donors (Lipinski definition) is 1. The fourth-order valence-electron chi connectivity index (χ4n) is 3.13. The summed E-state index contributed by atoms with van der Waals surface area (Å²) in [5, 5.41) is 2.87. The van der Waals surface area contributed by atoms with E-state index in [4.69, 9.17) is 0 Å². The molecular formula is C20H24N2O3S. The van der Waals surface area contributed by atoms with Crippen LogP contribution in [0.3, 0.4) is 0 Å². The summed E-state index contributed by atoms with van der Waals surface area (Å²) in [4.78, 5) is 12.8. The summed E-state index contributed by atoms with van der Waals surface area (Å²) in [6.45, 7) is 3.31. The number of nitrogens with one attached hydrogen (secondary N) is 1. The van der Waals surface area contributed by atoms with Gasteiger partial charge >= 0.3 is 0 Å². The third kappa shape index (κ3) is 4.14. The number of sulfonamides is 1. The zero-order valence-electron chi connectivity index (χ0n) is 14.9. The minimum atomic E-state index is -3.55. The highest BCUT2D eigenvalue weighted by atomic mass is 32.2. The van der Waals surface area contributed by atoms with Crippen LogP contribution in [0.15, 0.2) is 53.4 Å². The fourth-order valence-corrected chi connectivity index (χ4v) is 4.68.